The van der Waals surface area contributed by atoms with E-state index < -0.39 is 6.04 Å². The summed E-state index contributed by atoms with van der Waals surface area (Å²) in [5.74, 6) is -0.0653. The number of nitrogens with two attached hydrogens (primary N) is 1. The van der Waals surface area contributed by atoms with E-state index in [-0.39, 0.29) is 5.91 Å². The number of para-hydroxylation sites is 1. The number of H-pyrrole nitrogens is 1. The number of benzene rings is 1. The van der Waals surface area contributed by atoms with E-state index in [2.05, 4.69) is 21.3 Å². The second-order valence-corrected chi connectivity index (χ2v) is 6.01. The fourth-order valence-corrected chi connectivity index (χ4v) is 3.10. The van der Waals surface area contributed by atoms with Crippen LogP contribution in [0.4, 0.5) is 0 Å². The molecule has 1 aromatic carbocycles. The molecule has 118 valence electrons. The molecule has 0 spiro atoms. The third kappa shape index (κ3) is 3.48. The van der Waals surface area contributed by atoms with Gasteiger partial charge in [0.05, 0.1) is 6.04 Å². The van der Waals surface area contributed by atoms with Crippen molar-refractivity contribution in [1.29, 1.82) is 0 Å². The Labute approximate surface area is 130 Å². The number of carbonyl (C=O) groups is 1. The van der Waals surface area contributed by atoms with Gasteiger partial charge in [-0.25, -0.2) is 0 Å². The molecule has 0 radical (unpaired) electrons. The molecule has 2 aromatic rings. The molecule has 1 amide bonds. The van der Waals surface area contributed by atoms with Crippen LogP contribution in [-0.4, -0.2) is 48.0 Å². The normalized spacial score (nSPS) is 17.0. The number of aromatic amines is 1. The molecule has 0 bridgehead atoms. The summed E-state index contributed by atoms with van der Waals surface area (Å²) in [5, 5.41) is 4.10. The highest BCUT2D eigenvalue weighted by Gasteiger charge is 2.17. The molecule has 2 heterocycles. The van der Waals surface area contributed by atoms with Gasteiger partial charge in [0, 0.05) is 30.2 Å². The zero-order valence-electron chi connectivity index (χ0n) is 12.8. The summed E-state index contributed by atoms with van der Waals surface area (Å²) < 4.78 is 0. The average Bonchev–Trinajstić information content (AvgIpc) is 3.17. The Hall–Kier alpha value is -1.85. The number of hydrogen-bond donors (Lipinski definition) is 3. The molecule has 1 aliphatic heterocycles. The average molecular weight is 300 g/mol. The van der Waals surface area contributed by atoms with Gasteiger partial charge >= 0.3 is 0 Å². The highest BCUT2D eigenvalue weighted by atomic mass is 16.2. The number of nitrogens with one attached hydrogen (secondary N) is 2. The summed E-state index contributed by atoms with van der Waals surface area (Å²) in [6.45, 7) is 3.90. The molecule has 1 atom stereocenters. The number of likely N-dealkylation sites (tertiary alicyclic amines) is 1. The fourth-order valence-electron chi connectivity index (χ4n) is 3.10. The van der Waals surface area contributed by atoms with Crippen LogP contribution in [0.25, 0.3) is 10.9 Å². The number of fused-ring (bicyclic) bond motifs is 1. The van der Waals surface area contributed by atoms with Crippen molar-refractivity contribution in [2.45, 2.75) is 25.3 Å². The van der Waals surface area contributed by atoms with E-state index in [1.807, 2.05) is 24.4 Å². The summed E-state index contributed by atoms with van der Waals surface area (Å²) in [5.41, 5.74) is 8.23. The van der Waals surface area contributed by atoms with Crippen LogP contribution in [0, 0.1) is 0 Å². The molecule has 0 aliphatic carbocycles. The molecule has 5 nitrogen and oxygen atoms in total. The second kappa shape index (κ2) is 6.94. The van der Waals surface area contributed by atoms with Gasteiger partial charge in [-0.05, 0) is 44.0 Å². The Morgan fingerprint density at radius 2 is 2.09 bits per heavy atom. The van der Waals surface area contributed by atoms with Gasteiger partial charge in [0.25, 0.3) is 0 Å². The first-order valence-corrected chi connectivity index (χ1v) is 8.04. The first-order valence-electron chi connectivity index (χ1n) is 8.04. The van der Waals surface area contributed by atoms with E-state index in [1.165, 1.54) is 12.8 Å². The predicted molar refractivity (Wildman–Crippen MR) is 88.7 cm³/mol. The molecule has 1 aliphatic rings. The van der Waals surface area contributed by atoms with Gasteiger partial charge in [-0.2, -0.15) is 0 Å². The van der Waals surface area contributed by atoms with E-state index in [0.717, 1.165) is 36.1 Å². The van der Waals surface area contributed by atoms with Gasteiger partial charge < -0.3 is 20.9 Å². The number of nitrogens with zero attached hydrogens (tertiary/aromatic N) is 1. The first kappa shape index (κ1) is 15.1. The fraction of sp³-hybridized carbons (Fsp3) is 0.471. The van der Waals surface area contributed by atoms with Gasteiger partial charge in [-0.1, -0.05) is 18.2 Å². The van der Waals surface area contributed by atoms with Crippen molar-refractivity contribution in [3.8, 4) is 0 Å². The smallest absolute Gasteiger partial charge is 0.237 e. The largest absolute Gasteiger partial charge is 0.361 e. The first-order chi connectivity index (χ1) is 10.7. The number of hydrogen-bond acceptors (Lipinski definition) is 3. The van der Waals surface area contributed by atoms with Crippen LogP contribution in [0.1, 0.15) is 18.4 Å². The third-order valence-electron chi connectivity index (χ3n) is 4.38. The summed E-state index contributed by atoms with van der Waals surface area (Å²) >= 11 is 0. The lowest BCUT2D eigenvalue weighted by molar-refractivity contribution is -0.122. The molecule has 1 unspecified atom stereocenters. The maximum absolute atomic E-state index is 12.1. The van der Waals surface area contributed by atoms with Gasteiger partial charge in [0.15, 0.2) is 0 Å². The van der Waals surface area contributed by atoms with Crippen molar-refractivity contribution in [1.82, 2.24) is 15.2 Å². The molecule has 0 saturated carbocycles. The minimum atomic E-state index is -0.502. The zero-order valence-corrected chi connectivity index (χ0v) is 12.8. The standard InChI is InChI=1S/C17H24N4O/c18-15(17(22)19-7-10-21-8-3-4-9-21)11-13-12-20-16-6-2-1-5-14(13)16/h1-2,5-6,12,15,20H,3-4,7-11,18H2,(H,19,22). The Morgan fingerprint density at radius 1 is 1.32 bits per heavy atom. The number of amides is 1. The van der Waals surface area contributed by atoms with Crippen molar-refractivity contribution >= 4 is 16.8 Å². The van der Waals surface area contributed by atoms with E-state index in [4.69, 9.17) is 5.73 Å². The SMILES string of the molecule is NC(Cc1c[nH]c2ccccc12)C(=O)NCCN1CCCC1. The lowest BCUT2D eigenvalue weighted by atomic mass is 10.1. The Morgan fingerprint density at radius 3 is 2.91 bits per heavy atom. The van der Waals surface area contributed by atoms with Crippen molar-refractivity contribution in [2.24, 2.45) is 5.73 Å². The minimum Gasteiger partial charge on any atom is -0.361 e. The Balaban J connectivity index is 1.50. The minimum absolute atomic E-state index is 0.0653. The Kier molecular flexibility index (Phi) is 4.75. The van der Waals surface area contributed by atoms with E-state index in [9.17, 15) is 4.79 Å². The van der Waals surface area contributed by atoms with Gasteiger partial charge in [0.1, 0.15) is 0 Å². The van der Waals surface area contributed by atoms with Crippen LogP contribution >= 0.6 is 0 Å². The van der Waals surface area contributed by atoms with Crippen LogP contribution in [0.2, 0.25) is 0 Å². The molecule has 4 N–H and O–H groups in total. The predicted octanol–water partition coefficient (Wildman–Crippen LogP) is 1.25. The van der Waals surface area contributed by atoms with Gasteiger partial charge in [0.2, 0.25) is 5.91 Å². The maximum atomic E-state index is 12.1. The van der Waals surface area contributed by atoms with Crippen LogP contribution in [0.15, 0.2) is 30.5 Å². The van der Waals surface area contributed by atoms with E-state index >= 15 is 0 Å². The monoisotopic (exact) mass is 300 g/mol. The van der Waals surface area contributed by atoms with Gasteiger partial charge in [-0.15, -0.1) is 0 Å². The Bertz CT molecular complexity index is 630. The topological polar surface area (TPSA) is 74.1 Å². The summed E-state index contributed by atoms with van der Waals surface area (Å²) in [4.78, 5) is 17.7. The maximum Gasteiger partial charge on any atom is 0.237 e. The van der Waals surface area contributed by atoms with Crippen molar-refractivity contribution in [2.75, 3.05) is 26.2 Å². The quantitative estimate of drug-likeness (QED) is 0.751. The molecule has 1 saturated heterocycles. The summed E-state index contributed by atoms with van der Waals surface area (Å²) in [6, 6.07) is 7.58. The van der Waals surface area contributed by atoms with Crippen LogP contribution in [0.3, 0.4) is 0 Å². The lowest BCUT2D eigenvalue weighted by Gasteiger charge is -2.16. The van der Waals surface area contributed by atoms with Crippen molar-refractivity contribution in [3.05, 3.63) is 36.0 Å². The summed E-state index contributed by atoms with van der Waals surface area (Å²) in [6.07, 6.45) is 5.05. The molecule has 1 fully saturated rings. The third-order valence-corrected chi connectivity index (χ3v) is 4.38. The van der Waals surface area contributed by atoms with E-state index in [1.54, 1.807) is 0 Å². The molecule has 5 heteroatoms. The highest BCUT2D eigenvalue weighted by molar-refractivity contribution is 5.86. The molecule has 3 rings (SSSR count). The summed E-state index contributed by atoms with van der Waals surface area (Å²) in [7, 11) is 0. The highest BCUT2D eigenvalue weighted by Crippen LogP contribution is 2.18. The number of carbonyl (C=O) groups excluding carboxylic acids is 1. The second-order valence-electron chi connectivity index (χ2n) is 6.01. The van der Waals surface area contributed by atoms with Crippen molar-refractivity contribution < 1.29 is 4.79 Å². The molecular weight excluding hydrogens is 276 g/mol. The molecular formula is C17H24N4O. The number of rotatable bonds is 6. The zero-order chi connectivity index (χ0) is 15.4. The molecule has 1 aromatic heterocycles. The van der Waals surface area contributed by atoms with Crippen molar-refractivity contribution in [3.63, 3.8) is 0 Å². The van der Waals surface area contributed by atoms with Crippen LogP contribution < -0.4 is 11.1 Å². The number of aromatic nitrogens is 1. The van der Waals surface area contributed by atoms with Crippen LogP contribution in [-0.2, 0) is 11.2 Å². The van der Waals surface area contributed by atoms with Gasteiger partial charge in [-0.3, -0.25) is 4.79 Å². The van der Waals surface area contributed by atoms with E-state index in [0.29, 0.717) is 13.0 Å². The lowest BCUT2D eigenvalue weighted by Crippen LogP contribution is -2.44. The molecule has 22 heavy (non-hydrogen) atoms. The van der Waals surface area contributed by atoms with Crippen LogP contribution in [0.5, 0.6) is 0 Å².